The standard InChI is InChI=1S/C13H12ClN5S/c1-19-7-6-15-11(19)12-17-18-13(20-12)16-8-9-2-4-10(14)5-3-9/h2-7H,8H2,1H3,(H,16,18). The first-order valence-corrected chi connectivity index (χ1v) is 7.21. The molecule has 0 saturated heterocycles. The molecule has 2 heterocycles. The van der Waals surface area contributed by atoms with Gasteiger partial charge in [0.05, 0.1) is 0 Å². The zero-order valence-corrected chi connectivity index (χ0v) is 12.3. The summed E-state index contributed by atoms with van der Waals surface area (Å²) in [5.41, 5.74) is 1.14. The molecule has 7 heteroatoms. The minimum atomic E-state index is 0.687. The van der Waals surface area contributed by atoms with Gasteiger partial charge in [-0.05, 0) is 17.7 Å². The van der Waals surface area contributed by atoms with Crippen molar-refractivity contribution < 1.29 is 0 Å². The van der Waals surface area contributed by atoms with E-state index in [4.69, 9.17) is 11.6 Å². The van der Waals surface area contributed by atoms with Crippen molar-refractivity contribution in [2.45, 2.75) is 6.54 Å². The fraction of sp³-hybridized carbons (Fsp3) is 0.154. The summed E-state index contributed by atoms with van der Waals surface area (Å²) in [5, 5.41) is 13.8. The highest BCUT2D eigenvalue weighted by Gasteiger charge is 2.10. The van der Waals surface area contributed by atoms with Gasteiger partial charge in [-0.3, -0.25) is 0 Å². The molecule has 2 aromatic heterocycles. The van der Waals surface area contributed by atoms with Crippen LogP contribution in [0.2, 0.25) is 5.02 Å². The summed E-state index contributed by atoms with van der Waals surface area (Å²) >= 11 is 7.34. The lowest BCUT2D eigenvalue weighted by Gasteiger charge is -2.01. The van der Waals surface area contributed by atoms with Gasteiger partial charge < -0.3 is 9.88 Å². The molecular weight excluding hydrogens is 294 g/mol. The van der Waals surface area contributed by atoms with Crippen molar-refractivity contribution in [3.63, 3.8) is 0 Å². The van der Waals surface area contributed by atoms with E-state index in [1.807, 2.05) is 42.1 Å². The SMILES string of the molecule is Cn1ccnc1-c1nnc(NCc2ccc(Cl)cc2)s1. The van der Waals surface area contributed by atoms with Crippen LogP contribution >= 0.6 is 22.9 Å². The van der Waals surface area contributed by atoms with E-state index in [1.165, 1.54) is 11.3 Å². The highest BCUT2D eigenvalue weighted by atomic mass is 35.5. The minimum Gasteiger partial charge on any atom is -0.356 e. The van der Waals surface area contributed by atoms with E-state index >= 15 is 0 Å². The van der Waals surface area contributed by atoms with Crippen LogP contribution in [0, 0.1) is 0 Å². The summed E-state index contributed by atoms with van der Waals surface area (Å²) in [5.74, 6) is 0.821. The average molecular weight is 306 g/mol. The summed E-state index contributed by atoms with van der Waals surface area (Å²) in [4.78, 5) is 4.26. The van der Waals surface area contributed by atoms with Crippen molar-refractivity contribution in [3.05, 3.63) is 47.2 Å². The third kappa shape index (κ3) is 2.81. The van der Waals surface area contributed by atoms with E-state index in [0.29, 0.717) is 6.54 Å². The van der Waals surface area contributed by atoms with Gasteiger partial charge in [-0.1, -0.05) is 35.1 Å². The first-order chi connectivity index (χ1) is 9.72. The van der Waals surface area contributed by atoms with E-state index in [-0.39, 0.29) is 0 Å². The molecule has 102 valence electrons. The number of benzene rings is 1. The van der Waals surface area contributed by atoms with Gasteiger partial charge in [0.15, 0.2) is 10.8 Å². The molecule has 3 aromatic rings. The van der Waals surface area contributed by atoms with Gasteiger partial charge in [0.25, 0.3) is 0 Å². The molecule has 1 N–H and O–H groups in total. The molecule has 0 aliphatic heterocycles. The molecule has 0 atom stereocenters. The van der Waals surface area contributed by atoms with Crippen molar-refractivity contribution in [1.29, 1.82) is 0 Å². The number of hydrogen-bond acceptors (Lipinski definition) is 5. The zero-order chi connectivity index (χ0) is 13.9. The van der Waals surface area contributed by atoms with Gasteiger partial charge in [0, 0.05) is 31.0 Å². The van der Waals surface area contributed by atoms with Gasteiger partial charge in [-0.2, -0.15) is 0 Å². The largest absolute Gasteiger partial charge is 0.356 e. The molecule has 3 rings (SSSR count). The highest BCUT2D eigenvalue weighted by Crippen LogP contribution is 2.24. The normalized spacial score (nSPS) is 10.7. The Bertz CT molecular complexity index is 704. The van der Waals surface area contributed by atoms with Crippen LogP contribution in [-0.4, -0.2) is 19.7 Å². The lowest BCUT2D eigenvalue weighted by atomic mass is 10.2. The van der Waals surface area contributed by atoms with Gasteiger partial charge in [-0.25, -0.2) is 4.98 Å². The Balaban J connectivity index is 1.69. The van der Waals surface area contributed by atoms with E-state index in [9.17, 15) is 0 Å². The molecule has 1 aromatic carbocycles. The maximum atomic E-state index is 5.85. The lowest BCUT2D eigenvalue weighted by molar-refractivity contribution is 0.915. The van der Waals surface area contributed by atoms with Crippen molar-refractivity contribution in [1.82, 2.24) is 19.7 Å². The van der Waals surface area contributed by atoms with Crippen LogP contribution in [0.1, 0.15) is 5.56 Å². The Hall–Kier alpha value is -1.92. The molecule has 0 radical (unpaired) electrons. The summed E-state index contributed by atoms with van der Waals surface area (Å²) in [7, 11) is 1.94. The van der Waals surface area contributed by atoms with Crippen LogP contribution in [-0.2, 0) is 13.6 Å². The smallest absolute Gasteiger partial charge is 0.206 e. The number of imidazole rings is 1. The van der Waals surface area contributed by atoms with Crippen LogP contribution in [0.4, 0.5) is 5.13 Å². The number of nitrogens with zero attached hydrogens (tertiary/aromatic N) is 4. The Morgan fingerprint density at radius 1 is 1.25 bits per heavy atom. The predicted octanol–water partition coefficient (Wildman–Crippen LogP) is 3.20. The second kappa shape index (κ2) is 5.60. The third-order valence-corrected chi connectivity index (χ3v) is 3.92. The van der Waals surface area contributed by atoms with Crippen LogP contribution < -0.4 is 5.32 Å². The van der Waals surface area contributed by atoms with Crippen LogP contribution in [0.5, 0.6) is 0 Å². The van der Waals surface area contributed by atoms with Gasteiger partial charge in [0.2, 0.25) is 5.13 Å². The number of aryl methyl sites for hydroxylation is 1. The molecule has 0 unspecified atom stereocenters. The zero-order valence-electron chi connectivity index (χ0n) is 10.7. The Labute approximate surface area is 125 Å². The van der Waals surface area contributed by atoms with Gasteiger partial charge in [0.1, 0.15) is 0 Å². The van der Waals surface area contributed by atoms with E-state index in [2.05, 4.69) is 20.5 Å². The predicted molar refractivity (Wildman–Crippen MR) is 80.9 cm³/mol. The minimum absolute atomic E-state index is 0.687. The number of anilines is 1. The maximum Gasteiger partial charge on any atom is 0.206 e. The molecule has 0 fully saturated rings. The molecule has 0 bridgehead atoms. The second-order valence-corrected chi connectivity index (χ2v) is 5.67. The topological polar surface area (TPSA) is 55.6 Å². The average Bonchev–Trinajstić information content (AvgIpc) is 3.06. The number of hydrogen-bond donors (Lipinski definition) is 1. The summed E-state index contributed by atoms with van der Waals surface area (Å²) in [6, 6.07) is 7.71. The number of aromatic nitrogens is 4. The van der Waals surface area contributed by atoms with Crippen molar-refractivity contribution >= 4 is 28.1 Å². The monoisotopic (exact) mass is 305 g/mol. The molecule has 0 spiro atoms. The number of rotatable bonds is 4. The lowest BCUT2D eigenvalue weighted by Crippen LogP contribution is -1.98. The van der Waals surface area contributed by atoms with Crippen LogP contribution in [0.3, 0.4) is 0 Å². The molecule has 0 amide bonds. The summed E-state index contributed by atoms with van der Waals surface area (Å²) < 4.78 is 1.92. The highest BCUT2D eigenvalue weighted by molar-refractivity contribution is 7.18. The van der Waals surface area contributed by atoms with Crippen LogP contribution in [0.15, 0.2) is 36.7 Å². The summed E-state index contributed by atoms with van der Waals surface area (Å²) in [6.07, 6.45) is 3.63. The molecule has 20 heavy (non-hydrogen) atoms. The Kier molecular flexibility index (Phi) is 3.66. The Morgan fingerprint density at radius 3 is 2.75 bits per heavy atom. The van der Waals surface area contributed by atoms with Gasteiger partial charge >= 0.3 is 0 Å². The molecule has 5 nitrogen and oxygen atoms in total. The molecule has 0 aliphatic carbocycles. The van der Waals surface area contributed by atoms with E-state index in [1.54, 1.807) is 6.20 Å². The maximum absolute atomic E-state index is 5.85. The molecule has 0 saturated carbocycles. The first-order valence-electron chi connectivity index (χ1n) is 6.02. The second-order valence-electron chi connectivity index (χ2n) is 4.25. The molecule has 0 aliphatic rings. The fourth-order valence-corrected chi connectivity index (χ4v) is 2.64. The summed E-state index contributed by atoms with van der Waals surface area (Å²) in [6.45, 7) is 0.687. The van der Waals surface area contributed by atoms with Crippen molar-refractivity contribution in [2.24, 2.45) is 7.05 Å². The Morgan fingerprint density at radius 2 is 2.05 bits per heavy atom. The number of nitrogens with one attached hydrogen (secondary N) is 1. The number of halogens is 1. The van der Waals surface area contributed by atoms with Gasteiger partial charge in [-0.15, -0.1) is 10.2 Å². The first kappa shape index (κ1) is 13.1. The molecular formula is C13H12ClN5S. The van der Waals surface area contributed by atoms with Crippen molar-refractivity contribution in [2.75, 3.05) is 5.32 Å². The van der Waals surface area contributed by atoms with E-state index < -0.39 is 0 Å². The van der Waals surface area contributed by atoms with Crippen LogP contribution in [0.25, 0.3) is 10.8 Å². The van der Waals surface area contributed by atoms with E-state index in [0.717, 1.165) is 26.5 Å². The quantitative estimate of drug-likeness (QED) is 0.804. The third-order valence-electron chi connectivity index (χ3n) is 2.79. The van der Waals surface area contributed by atoms with Crippen molar-refractivity contribution in [3.8, 4) is 10.8 Å². The fourth-order valence-electron chi connectivity index (χ4n) is 1.74.